The van der Waals surface area contributed by atoms with Gasteiger partial charge in [-0.15, -0.1) is 0 Å². The van der Waals surface area contributed by atoms with Gasteiger partial charge in [0.15, 0.2) is 0 Å². The third-order valence-corrected chi connectivity index (χ3v) is 6.99. The van der Waals surface area contributed by atoms with Gasteiger partial charge in [-0.1, -0.05) is 32.1 Å². The molecule has 0 spiro atoms. The van der Waals surface area contributed by atoms with E-state index in [1.165, 1.54) is 13.5 Å². The number of hydrogen-bond donors (Lipinski definition) is 2. The number of hydrogen-bond acceptors (Lipinski definition) is 7. The lowest BCUT2D eigenvalue weighted by atomic mass is 9.84. The van der Waals surface area contributed by atoms with Crippen LogP contribution in [0.2, 0.25) is 0 Å². The molecule has 0 unspecified atom stereocenters. The van der Waals surface area contributed by atoms with Crippen molar-refractivity contribution in [2.45, 2.75) is 62.9 Å². The van der Waals surface area contributed by atoms with Crippen LogP contribution in [0.1, 0.15) is 51.4 Å². The maximum Gasteiger partial charge on any atom is 0.413 e. The minimum absolute atomic E-state index is 0.246. The Morgan fingerprint density at radius 3 is 2.45 bits per heavy atom. The van der Waals surface area contributed by atoms with E-state index >= 15 is 0 Å². The summed E-state index contributed by atoms with van der Waals surface area (Å²) in [4.78, 5) is 34.4. The minimum Gasteiger partial charge on any atom is -0.453 e. The van der Waals surface area contributed by atoms with Crippen molar-refractivity contribution in [3.8, 4) is 6.07 Å². The molecule has 0 aromatic heterocycles. The number of likely N-dealkylation sites (tertiary alicyclic amines) is 1. The fourth-order valence-electron chi connectivity index (χ4n) is 4.80. The molecule has 3 fully saturated rings. The fraction of sp³-hybridized carbons (Fsp3) is 0.826. The molecule has 1 saturated carbocycles. The molecule has 10 nitrogen and oxygen atoms in total. The molecule has 1 aliphatic carbocycles. The SMILES string of the molecule is COC(=O)NC(=N[C@@H](CC1CCCCC1)C(=O)NC1(C#N)CCN(C)CC1)N1CCOCC1. The average Bonchev–Trinajstić information content (AvgIpc) is 2.85. The van der Waals surface area contributed by atoms with Crippen molar-refractivity contribution in [1.82, 2.24) is 20.4 Å². The number of piperidine rings is 1. The van der Waals surface area contributed by atoms with Crippen LogP contribution in [0.4, 0.5) is 4.79 Å². The van der Waals surface area contributed by atoms with Crippen LogP contribution in [0, 0.1) is 17.2 Å². The number of guanidine groups is 1. The first-order valence-electron chi connectivity index (χ1n) is 12.1. The fourth-order valence-corrected chi connectivity index (χ4v) is 4.80. The number of amides is 2. The van der Waals surface area contributed by atoms with E-state index in [0.717, 1.165) is 38.8 Å². The third-order valence-electron chi connectivity index (χ3n) is 6.99. The predicted molar refractivity (Wildman–Crippen MR) is 124 cm³/mol. The molecule has 10 heteroatoms. The van der Waals surface area contributed by atoms with Gasteiger partial charge in [0.1, 0.15) is 11.6 Å². The highest BCUT2D eigenvalue weighted by molar-refractivity contribution is 5.96. The molecule has 2 amide bonds. The molecule has 2 N–H and O–H groups in total. The van der Waals surface area contributed by atoms with E-state index in [-0.39, 0.29) is 5.91 Å². The average molecular weight is 463 g/mol. The van der Waals surface area contributed by atoms with E-state index in [4.69, 9.17) is 14.5 Å². The Kier molecular flexibility index (Phi) is 9.32. The van der Waals surface area contributed by atoms with Crippen LogP contribution in [0.25, 0.3) is 0 Å². The normalized spacial score (nSPS) is 23.3. The van der Waals surface area contributed by atoms with Crippen LogP contribution in [0.3, 0.4) is 0 Å². The van der Waals surface area contributed by atoms with Gasteiger partial charge < -0.3 is 24.6 Å². The second-order valence-electron chi connectivity index (χ2n) is 9.41. The molecule has 2 saturated heterocycles. The Bertz CT molecular complexity index is 732. The molecule has 3 aliphatic rings. The molecule has 184 valence electrons. The summed E-state index contributed by atoms with van der Waals surface area (Å²) in [6.45, 7) is 3.68. The predicted octanol–water partition coefficient (Wildman–Crippen LogP) is 1.47. The van der Waals surface area contributed by atoms with Crippen molar-refractivity contribution in [1.29, 1.82) is 5.26 Å². The maximum atomic E-state index is 13.5. The van der Waals surface area contributed by atoms with Crippen molar-refractivity contribution in [2.24, 2.45) is 10.9 Å². The number of nitrogens with one attached hydrogen (secondary N) is 2. The number of ether oxygens (including phenoxy) is 2. The molecule has 3 rings (SSSR count). The number of methoxy groups -OCH3 is 1. The standard InChI is InChI=1S/C23H38N6O4/c1-28-10-8-23(17-24,9-11-28)27-20(30)19(16-18-6-4-3-5-7-18)25-21(26-22(31)32-2)29-12-14-33-15-13-29/h18-19H,3-16H2,1-2H3,(H,27,30)(H,25,26,31)/t19-/m0/s1. The number of rotatable bonds is 5. The molecular weight excluding hydrogens is 424 g/mol. The van der Waals surface area contributed by atoms with Crippen molar-refractivity contribution in [3.63, 3.8) is 0 Å². The number of morpholine rings is 1. The molecule has 0 bridgehead atoms. The zero-order chi connectivity index (χ0) is 23.7. The highest BCUT2D eigenvalue weighted by Gasteiger charge is 2.38. The number of carbonyl (C=O) groups excluding carboxylic acids is 2. The van der Waals surface area contributed by atoms with E-state index in [0.29, 0.717) is 57.4 Å². The van der Waals surface area contributed by atoms with Gasteiger partial charge in [-0.2, -0.15) is 5.26 Å². The van der Waals surface area contributed by atoms with Gasteiger partial charge in [0.05, 0.1) is 26.4 Å². The summed E-state index contributed by atoms with van der Waals surface area (Å²) < 4.78 is 10.2. The Labute approximate surface area is 196 Å². The summed E-state index contributed by atoms with van der Waals surface area (Å²) in [6, 6.07) is 1.67. The van der Waals surface area contributed by atoms with E-state index in [1.54, 1.807) is 0 Å². The first-order chi connectivity index (χ1) is 15.9. The lowest BCUT2D eigenvalue weighted by molar-refractivity contribution is -0.124. The highest BCUT2D eigenvalue weighted by atomic mass is 16.5. The Morgan fingerprint density at radius 1 is 1.18 bits per heavy atom. The quantitative estimate of drug-likeness (QED) is 0.469. The third kappa shape index (κ3) is 7.30. The Hall–Kier alpha value is -2.38. The minimum atomic E-state index is -0.876. The Balaban J connectivity index is 1.83. The molecule has 33 heavy (non-hydrogen) atoms. The van der Waals surface area contributed by atoms with Gasteiger partial charge >= 0.3 is 6.09 Å². The van der Waals surface area contributed by atoms with Crippen molar-refractivity contribution in [3.05, 3.63) is 0 Å². The number of aliphatic imine (C=N–C) groups is 1. The van der Waals surface area contributed by atoms with Crippen molar-refractivity contribution < 1.29 is 19.1 Å². The second-order valence-corrected chi connectivity index (χ2v) is 9.41. The van der Waals surface area contributed by atoms with Crippen LogP contribution < -0.4 is 10.6 Å². The van der Waals surface area contributed by atoms with E-state index < -0.39 is 17.7 Å². The van der Waals surface area contributed by atoms with E-state index in [2.05, 4.69) is 21.6 Å². The van der Waals surface area contributed by atoms with Crippen LogP contribution in [-0.2, 0) is 14.3 Å². The molecule has 1 atom stereocenters. The largest absolute Gasteiger partial charge is 0.453 e. The monoisotopic (exact) mass is 462 g/mol. The van der Waals surface area contributed by atoms with Gasteiger partial charge in [-0.3, -0.25) is 10.1 Å². The number of alkyl carbamates (subject to hydrolysis) is 1. The van der Waals surface area contributed by atoms with E-state index in [9.17, 15) is 14.9 Å². The van der Waals surface area contributed by atoms with E-state index in [1.807, 2.05) is 11.9 Å². The lowest BCUT2D eigenvalue weighted by Gasteiger charge is -2.37. The summed E-state index contributed by atoms with van der Waals surface area (Å²) in [6.07, 6.45) is 6.84. The van der Waals surface area contributed by atoms with Crippen molar-refractivity contribution >= 4 is 18.0 Å². The molecule has 0 aromatic rings. The highest BCUT2D eigenvalue weighted by Crippen LogP contribution is 2.29. The smallest absolute Gasteiger partial charge is 0.413 e. The summed E-state index contributed by atoms with van der Waals surface area (Å²) in [7, 11) is 3.32. The summed E-state index contributed by atoms with van der Waals surface area (Å²) in [5.41, 5.74) is -0.876. The Morgan fingerprint density at radius 2 is 1.85 bits per heavy atom. The van der Waals surface area contributed by atoms with Crippen LogP contribution in [0.15, 0.2) is 4.99 Å². The summed E-state index contributed by atoms with van der Waals surface area (Å²) in [5, 5.41) is 15.6. The van der Waals surface area contributed by atoms with Crippen LogP contribution in [-0.4, -0.2) is 92.9 Å². The van der Waals surface area contributed by atoms with Crippen LogP contribution in [0.5, 0.6) is 0 Å². The zero-order valence-corrected chi connectivity index (χ0v) is 20.0. The van der Waals surface area contributed by atoms with Gasteiger partial charge in [0.2, 0.25) is 11.9 Å². The summed E-state index contributed by atoms with van der Waals surface area (Å²) >= 11 is 0. The van der Waals surface area contributed by atoms with Crippen LogP contribution >= 0.6 is 0 Å². The van der Waals surface area contributed by atoms with Crippen molar-refractivity contribution in [2.75, 3.05) is 53.6 Å². The van der Waals surface area contributed by atoms with Gasteiger partial charge in [-0.25, -0.2) is 9.79 Å². The zero-order valence-electron chi connectivity index (χ0n) is 20.0. The molecule has 0 aromatic carbocycles. The molecule has 2 heterocycles. The second kappa shape index (κ2) is 12.2. The van der Waals surface area contributed by atoms with Gasteiger partial charge in [0, 0.05) is 26.2 Å². The summed E-state index contributed by atoms with van der Waals surface area (Å²) in [5.74, 6) is 0.484. The number of nitrogens with zero attached hydrogens (tertiary/aromatic N) is 4. The van der Waals surface area contributed by atoms with Gasteiger partial charge in [-0.05, 0) is 32.2 Å². The molecular formula is C23H38N6O4. The number of nitriles is 1. The van der Waals surface area contributed by atoms with Gasteiger partial charge in [0.25, 0.3) is 0 Å². The number of carbonyl (C=O) groups is 2. The maximum absolute atomic E-state index is 13.5. The topological polar surface area (TPSA) is 119 Å². The lowest BCUT2D eigenvalue weighted by Crippen LogP contribution is -2.56. The first kappa shape index (κ1) is 25.2. The molecule has 2 aliphatic heterocycles. The molecule has 0 radical (unpaired) electrons. The first-order valence-corrected chi connectivity index (χ1v) is 12.1.